The van der Waals surface area contributed by atoms with Crippen LogP contribution in [0.15, 0.2) is 36.4 Å². The molecule has 1 amide bonds. The van der Waals surface area contributed by atoms with Crippen LogP contribution in [-0.4, -0.2) is 23.2 Å². The lowest BCUT2D eigenvalue weighted by Crippen LogP contribution is -2.37. The molecule has 103 valence electrons. The van der Waals surface area contributed by atoms with E-state index in [1.54, 1.807) is 6.07 Å². The van der Waals surface area contributed by atoms with Crippen LogP contribution in [-0.2, 0) is 4.79 Å². The maximum atomic E-state index is 12.1. The van der Waals surface area contributed by atoms with E-state index in [-0.39, 0.29) is 5.91 Å². The van der Waals surface area contributed by atoms with E-state index >= 15 is 0 Å². The molecule has 0 saturated heterocycles. The maximum Gasteiger partial charge on any atom is 0.270 e. The lowest BCUT2D eigenvalue weighted by atomic mass is 10.0. The van der Waals surface area contributed by atoms with Gasteiger partial charge >= 0.3 is 0 Å². The van der Waals surface area contributed by atoms with Crippen LogP contribution in [0.1, 0.15) is 30.8 Å². The van der Waals surface area contributed by atoms with Gasteiger partial charge in [0.1, 0.15) is 5.69 Å². The Morgan fingerprint density at radius 1 is 1.25 bits per heavy atom. The van der Waals surface area contributed by atoms with E-state index in [4.69, 9.17) is 0 Å². The number of carbonyl (C=O) groups is 1. The molecule has 1 aromatic heterocycles. The second-order valence-corrected chi connectivity index (χ2v) is 5.16. The molecule has 1 N–H and O–H groups in total. The Hall–Kier alpha value is -2.23. The molecule has 2 aromatic rings. The van der Waals surface area contributed by atoms with Gasteiger partial charge in [0.15, 0.2) is 0 Å². The van der Waals surface area contributed by atoms with Crippen molar-refractivity contribution in [3.63, 3.8) is 0 Å². The van der Waals surface area contributed by atoms with Crippen LogP contribution in [0.4, 0.5) is 0 Å². The second kappa shape index (κ2) is 6.28. The number of nitrogens with one attached hydrogen (secondary N) is 1. The van der Waals surface area contributed by atoms with Crippen LogP contribution < -0.4 is 5.32 Å². The summed E-state index contributed by atoms with van der Waals surface area (Å²) in [5.41, 5.74) is 1.07. The molecule has 0 unspecified atom stereocenters. The van der Waals surface area contributed by atoms with Crippen molar-refractivity contribution >= 4 is 23.1 Å². The van der Waals surface area contributed by atoms with Crippen molar-refractivity contribution in [3.8, 4) is 0 Å². The Morgan fingerprint density at radius 2 is 2.00 bits per heavy atom. The zero-order valence-electron chi connectivity index (χ0n) is 11.6. The van der Waals surface area contributed by atoms with Gasteiger partial charge < -0.3 is 5.32 Å². The molecular formula is C16H17N2O2. The quantitative estimate of drug-likeness (QED) is 0.907. The third-order valence-corrected chi connectivity index (χ3v) is 2.99. The maximum absolute atomic E-state index is 12.1. The number of hydrogen-bond donors (Lipinski definition) is 1. The van der Waals surface area contributed by atoms with Crippen molar-refractivity contribution in [3.05, 3.63) is 42.1 Å². The van der Waals surface area contributed by atoms with E-state index < -0.39 is 6.04 Å². The fraction of sp³-hybridized carbons (Fsp3) is 0.312. The Bertz CT molecular complexity index is 623. The molecular weight excluding hydrogens is 252 g/mol. The minimum Gasteiger partial charge on any atom is -0.340 e. The first-order valence-electron chi connectivity index (χ1n) is 6.64. The lowest BCUT2D eigenvalue weighted by Gasteiger charge is -2.13. The van der Waals surface area contributed by atoms with Gasteiger partial charge in [-0.05, 0) is 24.5 Å². The first-order valence-corrected chi connectivity index (χ1v) is 6.64. The van der Waals surface area contributed by atoms with Crippen LogP contribution in [0.5, 0.6) is 0 Å². The highest BCUT2D eigenvalue weighted by Crippen LogP contribution is 2.12. The number of carbonyl (C=O) groups excluding carboxylic acids is 2. The average Bonchev–Trinajstić information content (AvgIpc) is 2.45. The molecule has 0 bridgehead atoms. The van der Waals surface area contributed by atoms with Crippen LogP contribution >= 0.6 is 0 Å². The molecule has 0 fully saturated rings. The minimum absolute atomic E-state index is 0.311. The monoisotopic (exact) mass is 269 g/mol. The number of nitrogens with zero attached hydrogens (tertiary/aromatic N) is 1. The van der Waals surface area contributed by atoms with Crippen molar-refractivity contribution in [1.29, 1.82) is 0 Å². The molecule has 0 saturated carbocycles. The fourth-order valence-corrected chi connectivity index (χ4v) is 2.03. The molecule has 0 aliphatic carbocycles. The number of rotatable bonds is 5. The van der Waals surface area contributed by atoms with Gasteiger partial charge in [0, 0.05) is 5.39 Å². The first-order chi connectivity index (χ1) is 9.60. The van der Waals surface area contributed by atoms with E-state index in [0.717, 1.165) is 10.9 Å². The third kappa shape index (κ3) is 3.41. The van der Waals surface area contributed by atoms with Crippen molar-refractivity contribution < 1.29 is 9.59 Å². The van der Waals surface area contributed by atoms with Gasteiger partial charge in [-0.2, -0.15) is 0 Å². The predicted molar refractivity (Wildman–Crippen MR) is 78.1 cm³/mol. The number of benzene rings is 1. The largest absolute Gasteiger partial charge is 0.340 e. The Kier molecular flexibility index (Phi) is 4.45. The standard InChI is InChI=1S/C16H17N2O2/c1-11(2)9-13(10-19)17-16(20)15-8-7-12-5-3-4-6-14(12)18-15/h3-8,11,13H,9H2,1-2H3,(H,17,20)/t13-/m0/s1. The van der Waals surface area contributed by atoms with Gasteiger partial charge in [-0.1, -0.05) is 38.1 Å². The van der Waals surface area contributed by atoms with Crippen LogP contribution in [0.3, 0.4) is 0 Å². The molecule has 1 heterocycles. The summed E-state index contributed by atoms with van der Waals surface area (Å²) in [7, 11) is 0. The molecule has 1 atom stereocenters. The van der Waals surface area contributed by atoms with E-state index in [0.29, 0.717) is 18.0 Å². The Balaban J connectivity index is 2.16. The van der Waals surface area contributed by atoms with E-state index in [2.05, 4.69) is 10.3 Å². The van der Waals surface area contributed by atoms with Gasteiger partial charge in [-0.15, -0.1) is 0 Å². The second-order valence-electron chi connectivity index (χ2n) is 5.16. The summed E-state index contributed by atoms with van der Waals surface area (Å²) in [5, 5.41) is 3.63. The smallest absolute Gasteiger partial charge is 0.270 e. The SMILES string of the molecule is CC(C)C[C@@H]([C]=O)NC(=O)c1ccc2ccccc2n1. The molecule has 1 aromatic carbocycles. The van der Waals surface area contributed by atoms with E-state index in [1.165, 1.54) is 0 Å². The van der Waals surface area contributed by atoms with Crippen molar-refractivity contribution in [1.82, 2.24) is 10.3 Å². The van der Waals surface area contributed by atoms with Gasteiger partial charge in [0.05, 0.1) is 11.6 Å². The summed E-state index contributed by atoms with van der Waals surface area (Å²) in [4.78, 5) is 27.2. The zero-order valence-corrected chi connectivity index (χ0v) is 11.6. The topological polar surface area (TPSA) is 59.1 Å². The summed E-state index contributed by atoms with van der Waals surface area (Å²) in [6.07, 6.45) is 2.43. The van der Waals surface area contributed by atoms with Crippen molar-refractivity contribution in [2.24, 2.45) is 5.92 Å². The fourth-order valence-electron chi connectivity index (χ4n) is 2.03. The van der Waals surface area contributed by atoms with Gasteiger partial charge in [0.2, 0.25) is 6.29 Å². The van der Waals surface area contributed by atoms with Crippen molar-refractivity contribution in [2.45, 2.75) is 26.3 Å². The molecule has 1 radical (unpaired) electrons. The number of pyridine rings is 1. The van der Waals surface area contributed by atoms with Crippen molar-refractivity contribution in [2.75, 3.05) is 0 Å². The van der Waals surface area contributed by atoms with Crippen LogP contribution in [0.2, 0.25) is 0 Å². The minimum atomic E-state index is -0.587. The Labute approximate surface area is 118 Å². The molecule has 4 nitrogen and oxygen atoms in total. The summed E-state index contributed by atoms with van der Waals surface area (Å²) in [6.45, 7) is 3.98. The summed E-state index contributed by atoms with van der Waals surface area (Å²) in [5.74, 6) is -0.0314. The molecule has 20 heavy (non-hydrogen) atoms. The molecule has 0 aliphatic rings. The van der Waals surface area contributed by atoms with Gasteiger partial charge in [-0.25, -0.2) is 4.98 Å². The van der Waals surface area contributed by atoms with E-state index in [1.807, 2.05) is 50.5 Å². The van der Waals surface area contributed by atoms with Crippen LogP contribution in [0, 0.1) is 5.92 Å². The lowest BCUT2D eigenvalue weighted by molar-refractivity contribution is 0.0938. The normalized spacial score (nSPS) is 12.3. The third-order valence-electron chi connectivity index (χ3n) is 2.99. The highest BCUT2D eigenvalue weighted by Gasteiger charge is 2.16. The van der Waals surface area contributed by atoms with Gasteiger partial charge in [0.25, 0.3) is 5.91 Å². The number of fused-ring (bicyclic) bond motifs is 1. The molecule has 2 rings (SSSR count). The molecule has 0 aliphatic heterocycles. The first kappa shape index (κ1) is 14.2. The zero-order chi connectivity index (χ0) is 14.5. The summed E-state index contributed by atoms with van der Waals surface area (Å²) < 4.78 is 0. The molecule has 0 spiro atoms. The Morgan fingerprint density at radius 3 is 2.70 bits per heavy atom. The predicted octanol–water partition coefficient (Wildman–Crippen LogP) is 2.49. The summed E-state index contributed by atoms with van der Waals surface area (Å²) in [6, 6.07) is 10.5. The number of amides is 1. The van der Waals surface area contributed by atoms with Crippen LogP contribution in [0.25, 0.3) is 10.9 Å². The number of aromatic nitrogens is 1. The number of para-hydroxylation sites is 1. The summed E-state index contributed by atoms with van der Waals surface area (Å²) >= 11 is 0. The molecule has 4 heteroatoms. The number of hydrogen-bond acceptors (Lipinski definition) is 3. The van der Waals surface area contributed by atoms with Gasteiger partial charge in [-0.3, -0.25) is 9.59 Å². The average molecular weight is 269 g/mol. The van der Waals surface area contributed by atoms with E-state index in [9.17, 15) is 9.59 Å². The highest BCUT2D eigenvalue weighted by molar-refractivity contribution is 5.96. The highest BCUT2D eigenvalue weighted by atomic mass is 16.2.